The SMILES string of the molecule is CC(C)(C)OC(=O)/N=C(/NC(=O)OC(C)(C)C)N1CCC(OCCC2CCCCN2C(=O)[C@@H](CC2CCCCC2)NC(=O)OCC(Cl)(Cl)Cl)CC1. The minimum Gasteiger partial charge on any atom is -0.445 e. The van der Waals surface area contributed by atoms with Crippen LogP contribution in [0.3, 0.4) is 0 Å². The van der Waals surface area contributed by atoms with Crippen molar-refractivity contribution in [2.24, 2.45) is 10.9 Å². The van der Waals surface area contributed by atoms with Crippen molar-refractivity contribution < 1.29 is 38.1 Å². The summed E-state index contributed by atoms with van der Waals surface area (Å²) in [6, 6.07) is -0.752. The Morgan fingerprint density at radius 3 is 2.04 bits per heavy atom. The molecule has 1 saturated carbocycles. The molecular weight excluding hydrogens is 725 g/mol. The van der Waals surface area contributed by atoms with Gasteiger partial charge in [0.2, 0.25) is 15.7 Å². The monoisotopic (exact) mass is 781 g/mol. The number of piperidine rings is 2. The van der Waals surface area contributed by atoms with Crippen molar-refractivity contribution in [3.63, 3.8) is 0 Å². The molecule has 3 fully saturated rings. The van der Waals surface area contributed by atoms with Crippen molar-refractivity contribution in [2.75, 3.05) is 32.8 Å². The Morgan fingerprint density at radius 2 is 1.43 bits per heavy atom. The van der Waals surface area contributed by atoms with Gasteiger partial charge in [-0.05, 0) is 92.4 Å². The number of nitrogens with one attached hydrogen (secondary N) is 2. The van der Waals surface area contributed by atoms with E-state index in [2.05, 4.69) is 15.6 Å². The van der Waals surface area contributed by atoms with Crippen molar-refractivity contribution in [3.05, 3.63) is 0 Å². The molecule has 2 N–H and O–H groups in total. The largest absolute Gasteiger partial charge is 0.445 e. The molecule has 0 aromatic heterocycles. The maximum atomic E-state index is 14.0. The van der Waals surface area contributed by atoms with Crippen LogP contribution in [-0.4, -0.2) is 106 Å². The third kappa shape index (κ3) is 17.0. The Bertz CT molecular complexity index is 1190. The number of aliphatic imine (C=N–C) groups is 1. The predicted octanol–water partition coefficient (Wildman–Crippen LogP) is 7.49. The molecule has 13 nitrogen and oxygen atoms in total. The highest BCUT2D eigenvalue weighted by molar-refractivity contribution is 6.67. The number of likely N-dealkylation sites (tertiary alicyclic amines) is 2. The lowest BCUT2D eigenvalue weighted by atomic mass is 9.84. The summed E-state index contributed by atoms with van der Waals surface area (Å²) in [4.78, 5) is 59.6. The van der Waals surface area contributed by atoms with E-state index in [9.17, 15) is 19.2 Å². The molecule has 1 aliphatic carbocycles. The molecule has 3 aliphatic rings. The zero-order chi connectivity index (χ0) is 37.8. The van der Waals surface area contributed by atoms with Crippen LogP contribution in [-0.2, 0) is 23.7 Å². The Balaban J connectivity index is 1.58. The van der Waals surface area contributed by atoms with Gasteiger partial charge in [0.25, 0.3) is 0 Å². The van der Waals surface area contributed by atoms with E-state index in [4.69, 9.17) is 53.8 Å². The van der Waals surface area contributed by atoms with Crippen LogP contribution in [0, 0.1) is 5.92 Å². The third-order valence-corrected chi connectivity index (χ3v) is 9.24. The molecule has 2 atom stereocenters. The number of nitrogens with zero attached hydrogens (tertiary/aromatic N) is 3. The summed E-state index contributed by atoms with van der Waals surface area (Å²) >= 11 is 17.3. The van der Waals surface area contributed by atoms with E-state index in [1.165, 1.54) is 6.42 Å². The summed E-state index contributed by atoms with van der Waals surface area (Å²) in [5.74, 6) is 0.298. The van der Waals surface area contributed by atoms with E-state index in [-0.39, 0.29) is 24.0 Å². The van der Waals surface area contributed by atoms with Gasteiger partial charge >= 0.3 is 18.3 Å². The molecule has 1 unspecified atom stereocenters. The number of carbonyl (C=O) groups excluding carboxylic acids is 4. The van der Waals surface area contributed by atoms with Gasteiger partial charge in [0, 0.05) is 32.3 Å². The summed E-state index contributed by atoms with van der Waals surface area (Å²) in [5.41, 5.74) is -1.48. The molecule has 0 radical (unpaired) electrons. The normalized spacial score (nSPS) is 20.7. The quantitative estimate of drug-likeness (QED) is 0.105. The number of halogens is 3. The van der Waals surface area contributed by atoms with Crippen molar-refractivity contribution in [1.82, 2.24) is 20.4 Å². The van der Waals surface area contributed by atoms with Gasteiger partial charge in [-0.1, -0.05) is 66.9 Å². The molecule has 4 amide bonds. The predicted molar refractivity (Wildman–Crippen MR) is 197 cm³/mol. The first-order valence-corrected chi connectivity index (χ1v) is 19.4. The number of ether oxygens (including phenoxy) is 4. The minimum absolute atomic E-state index is 0.0233. The van der Waals surface area contributed by atoms with Gasteiger partial charge in [-0.25, -0.2) is 14.4 Å². The van der Waals surface area contributed by atoms with E-state index in [0.29, 0.717) is 57.8 Å². The van der Waals surface area contributed by atoms with E-state index < -0.39 is 45.9 Å². The Morgan fingerprint density at radius 1 is 0.804 bits per heavy atom. The molecule has 0 aromatic rings. The first kappa shape index (κ1) is 43.2. The number of guanidine groups is 1. The molecule has 2 aliphatic heterocycles. The number of hydrogen-bond donors (Lipinski definition) is 2. The summed E-state index contributed by atoms with van der Waals surface area (Å²) in [7, 11) is 0. The van der Waals surface area contributed by atoms with Crippen LogP contribution in [0.5, 0.6) is 0 Å². The van der Waals surface area contributed by atoms with Crippen molar-refractivity contribution in [3.8, 4) is 0 Å². The van der Waals surface area contributed by atoms with Crippen LogP contribution in [0.25, 0.3) is 0 Å². The molecular formula is C35H58Cl3N5O8. The van der Waals surface area contributed by atoms with E-state index in [0.717, 1.165) is 44.9 Å². The summed E-state index contributed by atoms with van der Waals surface area (Å²) in [6.07, 6.45) is 8.33. The highest BCUT2D eigenvalue weighted by Crippen LogP contribution is 2.30. The second kappa shape index (κ2) is 19.7. The van der Waals surface area contributed by atoms with Crippen LogP contribution in [0.15, 0.2) is 4.99 Å². The van der Waals surface area contributed by atoms with Crippen LogP contribution in [0.4, 0.5) is 14.4 Å². The molecule has 0 spiro atoms. The van der Waals surface area contributed by atoms with Crippen LogP contribution >= 0.6 is 34.8 Å². The Labute approximate surface area is 318 Å². The van der Waals surface area contributed by atoms with Crippen LogP contribution < -0.4 is 10.6 Å². The molecule has 16 heteroatoms. The molecule has 3 rings (SSSR count). The maximum absolute atomic E-state index is 14.0. The van der Waals surface area contributed by atoms with Crippen molar-refractivity contribution >= 4 is 64.9 Å². The number of alkyl carbamates (subject to hydrolysis) is 2. The fraction of sp³-hybridized carbons (Fsp3) is 0.857. The van der Waals surface area contributed by atoms with Gasteiger partial charge < -0.3 is 34.1 Å². The molecule has 0 bridgehead atoms. The number of hydrogen-bond acceptors (Lipinski definition) is 8. The second-order valence-corrected chi connectivity index (χ2v) is 18.2. The first-order chi connectivity index (χ1) is 23.8. The maximum Gasteiger partial charge on any atom is 0.437 e. The smallest absolute Gasteiger partial charge is 0.437 e. The van der Waals surface area contributed by atoms with Gasteiger partial charge in [0.05, 0.1) is 6.10 Å². The Kier molecular flexibility index (Phi) is 16.7. The average molecular weight is 783 g/mol. The van der Waals surface area contributed by atoms with Gasteiger partial charge in [-0.15, -0.1) is 4.99 Å². The highest BCUT2D eigenvalue weighted by Gasteiger charge is 2.35. The highest BCUT2D eigenvalue weighted by atomic mass is 35.6. The zero-order valence-corrected chi connectivity index (χ0v) is 33.3. The number of amides is 4. The van der Waals surface area contributed by atoms with Gasteiger partial charge in [-0.3, -0.25) is 10.1 Å². The topological polar surface area (TPSA) is 148 Å². The van der Waals surface area contributed by atoms with E-state index in [1.54, 1.807) is 41.5 Å². The number of carbonyl (C=O) groups is 4. The Hall–Kier alpha value is -2.22. The third-order valence-electron chi connectivity index (χ3n) is 8.91. The standard InChI is InChI=1S/C35H58Cl3N5O8/c1-33(2,3)50-31(46)40-29(41-32(47)51-34(4,5)6)42-19-15-26(16-20-42)48-21-17-25-14-10-11-18-43(25)28(44)27(22-24-12-8-7-9-13-24)39-30(45)49-23-35(36,37)38/h24-27H,7-23H2,1-6H3,(H,39,45)(H,40,41,46,47)/t25?,27-/m1/s1. The van der Waals surface area contributed by atoms with E-state index >= 15 is 0 Å². The van der Waals surface area contributed by atoms with E-state index in [1.807, 2.05) is 9.80 Å². The lowest BCUT2D eigenvalue weighted by Crippen LogP contribution is -2.54. The van der Waals surface area contributed by atoms with Crippen LogP contribution in [0.1, 0.15) is 119 Å². The lowest BCUT2D eigenvalue weighted by Gasteiger charge is -2.39. The molecule has 2 heterocycles. The number of rotatable bonds is 9. The molecule has 292 valence electrons. The van der Waals surface area contributed by atoms with Crippen LogP contribution in [0.2, 0.25) is 0 Å². The van der Waals surface area contributed by atoms with Gasteiger partial charge in [0.15, 0.2) is 0 Å². The van der Waals surface area contributed by atoms with Gasteiger partial charge in [-0.2, -0.15) is 0 Å². The second-order valence-electron chi connectivity index (χ2n) is 15.7. The fourth-order valence-electron chi connectivity index (χ4n) is 6.65. The first-order valence-electron chi connectivity index (χ1n) is 18.3. The average Bonchev–Trinajstić information content (AvgIpc) is 3.02. The van der Waals surface area contributed by atoms with Gasteiger partial charge in [0.1, 0.15) is 23.9 Å². The van der Waals surface area contributed by atoms with Crippen molar-refractivity contribution in [1.29, 1.82) is 0 Å². The number of alkyl halides is 3. The summed E-state index contributed by atoms with van der Waals surface area (Å²) < 4.78 is 20.4. The zero-order valence-electron chi connectivity index (χ0n) is 31.1. The fourth-order valence-corrected chi connectivity index (χ4v) is 6.81. The lowest BCUT2D eigenvalue weighted by molar-refractivity contribution is -0.138. The minimum atomic E-state index is -1.75. The molecule has 2 saturated heterocycles. The summed E-state index contributed by atoms with van der Waals surface area (Å²) in [6.45, 7) is 12.1. The summed E-state index contributed by atoms with van der Waals surface area (Å²) in [5, 5.41) is 5.40. The molecule has 0 aromatic carbocycles. The van der Waals surface area contributed by atoms with Crippen molar-refractivity contribution in [2.45, 2.75) is 152 Å². The molecule has 51 heavy (non-hydrogen) atoms.